The molecule has 1 aromatic carbocycles. The van der Waals surface area contributed by atoms with Gasteiger partial charge in [-0.05, 0) is 37.6 Å². The van der Waals surface area contributed by atoms with Crippen LogP contribution in [0.3, 0.4) is 0 Å². The Morgan fingerprint density at radius 1 is 1.30 bits per heavy atom. The van der Waals surface area contributed by atoms with Crippen molar-refractivity contribution in [3.63, 3.8) is 0 Å². The van der Waals surface area contributed by atoms with Crippen LogP contribution >= 0.6 is 12.4 Å². The minimum atomic E-state index is -1.62. The summed E-state index contributed by atoms with van der Waals surface area (Å²) in [5.41, 5.74) is -0.468. The van der Waals surface area contributed by atoms with E-state index in [1.54, 1.807) is 0 Å². The Bertz CT molecular complexity index is 499. The van der Waals surface area contributed by atoms with Crippen molar-refractivity contribution < 1.29 is 18.0 Å². The van der Waals surface area contributed by atoms with Crippen LogP contribution in [0.4, 0.5) is 13.2 Å². The van der Waals surface area contributed by atoms with Gasteiger partial charge in [-0.2, -0.15) is 0 Å². The number of benzene rings is 1. The lowest BCUT2D eigenvalue weighted by atomic mass is 9.95. The Labute approximate surface area is 121 Å². The smallest absolute Gasteiger partial charge is 0.254 e. The summed E-state index contributed by atoms with van der Waals surface area (Å²) in [4.78, 5) is 11.9. The molecule has 0 saturated carbocycles. The van der Waals surface area contributed by atoms with Crippen molar-refractivity contribution in [2.75, 3.05) is 13.1 Å². The average Bonchev–Trinajstić information content (AvgIpc) is 2.39. The van der Waals surface area contributed by atoms with Gasteiger partial charge in [0.15, 0.2) is 17.5 Å². The molecule has 0 aromatic heterocycles. The fourth-order valence-electron chi connectivity index (χ4n) is 2.18. The van der Waals surface area contributed by atoms with E-state index in [0.29, 0.717) is 0 Å². The molecule has 1 aliphatic heterocycles. The second kappa shape index (κ2) is 6.95. The van der Waals surface area contributed by atoms with Crippen LogP contribution < -0.4 is 10.6 Å². The maximum atomic E-state index is 13.5. The summed E-state index contributed by atoms with van der Waals surface area (Å²) in [5, 5.41) is 5.83. The van der Waals surface area contributed by atoms with Crippen LogP contribution in [0, 0.1) is 23.4 Å². The van der Waals surface area contributed by atoms with Crippen molar-refractivity contribution in [1.82, 2.24) is 10.6 Å². The van der Waals surface area contributed by atoms with Crippen LogP contribution in [-0.2, 0) is 0 Å². The summed E-state index contributed by atoms with van der Waals surface area (Å²) in [6, 6.07) is 1.61. The van der Waals surface area contributed by atoms with E-state index in [1.165, 1.54) is 0 Å². The number of nitrogens with one attached hydrogen (secondary N) is 2. The molecule has 20 heavy (non-hydrogen) atoms. The highest BCUT2D eigenvalue weighted by Gasteiger charge is 2.25. The molecule has 2 atom stereocenters. The van der Waals surface area contributed by atoms with Crippen LogP contribution in [0.2, 0.25) is 0 Å². The Morgan fingerprint density at radius 2 is 2.00 bits per heavy atom. The molecule has 1 aromatic rings. The first kappa shape index (κ1) is 16.8. The second-order valence-electron chi connectivity index (χ2n) is 4.77. The largest absolute Gasteiger partial charge is 0.349 e. The lowest BCUT2D eigenvalue weighted by molar-refractivity contribution is 0.0909. The minimum Gasteiger partial charge on any atom is -0.349 e. The molecule has 2 N–H and O–H groups in total. The van der Waals surface area contributed by atoms with Crippen molar-refractivity contribution >= 4 is 18.3 Å². The zero-order valence-corrected chi connectivity index (χ0v) is 11.7. The average molecular weight is 309 g/mol. The summed E-state index contributed by atoms with van der Waals surface area (Å²) in [6.07, 6.45) is 0.720. The van der Waals surface area contributed by atoms with Crippen molar-refractivity contribution in [2.24, 2.45) is 5.92 Å². The SMILES string of the molecule is CC1CNCCC1NC(=O)c1ccc(F)c(F)c1F.Cl. The van der Waals surface area contributed by atoms with Gasteiger partial charge in [-0.1, -0.05) is 6.92 Å². The van der Waals surface area contributed by atoms with Gasteiger partial charge < -0.3 is 10.6 Å². The van der Waals surface area contributed by atoms with Crippen LogP contribution in [0.5, 0.6) is 0 Å². The Balaban J connectivity index is 0.00000200. The van der Waals surface area contributed by atoms with Gasteiger partial charge >= 0.3 is 0 Å². The molecule has 7 heteroatoms. The molecule has 2 unspecified atom stereocenters. The number of hydrogen-bond acceptors (Lipinski definition) is 2. The van der Waals surface area contributed by atoms with Crippen molar-refractivity contribution in [1.29, 1.82) is 0 Å². The Morgan fingerprint density at radius 3 is 2.65 bits per heavy atom. The van der Waals surface area contributed by atoms with Crippen LogP contribution in [0.25, 0.3) is 0 Å². The maximum Gasteiger partial charge on any atom is 0.254 e. The standard InChI is InChI=1S/C13H15F3N2O.ClH/c1-7-6-17-5-4-10(7)18-13(19)8-2-3-9(14)12(16)11(8)15;/h2-3,7,10,17H,4-6H2,1H3,(H,18,19);1H. The number of rotatable bonds is 2. The van der Waals surface area contributed by atoms with Gasteiger partial charge in [-0.3, -0.25) is 4.79 Å². The Kier molecular flexibility index (Phi) is 5.83. The van der Waals surface area contributed by atoms with Crippen molar-refractivity contribution in [2.45, 2.75) is 19.4 Å². The number of hydrogen-bond donors (Lipinski definition) is 2. The topological polar surface area (TPSA) is 41.1 Å². The molecule has 1 amide bonds. The predicted molar refractivity (Wildman–Crippen MR) is 71.5 cm³/mol. The first-order chi connectivity index (χ1) is 9.00. The van der Waals surface area contributed by atoms with Gasteiger partial charge in [0.1, 0.15) is 0 Å². The third-order valence-corrected chi connectivity index (χ3v) is 3.38. The number of piperidine rings is 1. The predicted octanol–water partition coefficient (Wildman–Crippen LogP) is 2.25. The molecule has 1 aliphatic rings. The normalized spacial score (nSPS) is 22.0. The highest BCUT2D eigenvalue weighted by molar-refractivity contribution is 5.94. The van der Waals surface area contributed by atoms with E-state index >= 15 is 0 Å². The van der Waals surface area contributed by atoms with Crippen molar-refractivity contribution in [3.05, 3.63) is 35.1 Å². The van der Waals surface area contributed by atoms with E-state index < -0.39 is 28.9 Å². The summed E-state index contributed by atoms with van der Waals surface area (Å²) in [5.74, 6) is -4.88. The van der Waals surface area contributed by atoms with Crippen LogP contribution in [0.15, 0.2) is 12.1 Å². The third kappa shape index (κ3) is 3.43. The van der Waals surface area contributed by atoms with Gasteiger partial charge in [0.2, 0.25) is 0 Å². The molecule has 112 valence electrons. The van der Waals surface area contributed by atoms with E-state index in [9.17, 15) is 18.0 Å². The maximum absolute atomic E-state index is 13.5. The summed E-state index contributed by atoms with van der Waals surface area (Å²) in [6.45, 7) is 3.47. The molecule has 0 radical (unpaired) electrons. The van der Waals surface area contributed by atoms with Crippen molar-refractivity contribution in [3.8, 4) is 0 Å². The number of amides is 1. The molecular formula is C13H16ClF3N2O. The molecule has 1 heterocycles. The lowest BCUT2D eigenvalue weighted by Crippen LogP contribution is -2.48. The highest BCUT2D eigenvalue weighted by Crippen LogP contribution is 2.17. The van der Waals surface area contributed by atoms with Gasteiger partial charge in [0.25, 0.3) is 5.91 Å². The van der Waals surface area contributed by atoms with Crippen LogP contribution in [0.1, 0.15) is 23.7 Å². The highest BCUT2D eigenvalue weighted by atomic mass is 35.5. The molecule has 0 aliphatic carbocycles. The van der Waals surface area contributed by atoms with E-state index in [1.807, 2.05) is 6.92 Å². The zero-order chi connectivity index (χ0) is 14.0. The molecule has 3 nitrogen and oxygen atoms in total. The van der Waals surface area contributed by atoms with Gasteiger partial charge in [0.05, 0.1) is 5.56 Å². The van der Waals surface area contributed by atoms with E-state index in [4.69, 9.17) is 0 Å². The molecule has 2 rings (SSSR count). The lowest BCUT2D eigenvalue weighted by Gasteiger charge is -2.30. The fourth-order valence-corrected chi connectivity index (χ4v) is 2.18. The second-order valence-corrected chi connectivity index (χ2v) is 4.77. The molecule has 0 spiro atoms. The zero-order valence-electron chi connectivity index (χ0n) is 10.9. The molecule has 0 bridgehead atoms. The molecule has 1 saturated heterocycles. The van der Waals surface area contributed by atoms with Crippen LogP contribution in [-0.4, -0.2) is 25.0 Å². The van der Waals surface area contributed by atoms with E-state index in [0.717, 1.165) is 31.6 Å². The van der Waals surface area contributed by atoms with E-state index in [-0.39, 0.29) is 24.4 Å². The van der Waals surface area contributed by atoms with Gasteiger partial charge in [0, 0.05) is 6.04 Å². The number of halogens is 4. The number of carbonyl (C=O) groups excluding carboxylic acids is 1. The fraction of sp³-hybridized carbons (Fsp3) is 0.462. The molecule has 1 fully saturated rings. The third-order valence-electron chi connectivity index (χ3n) is 3.38. The first-order valence-electron chi connectivity index (χ1n) is 6.15. The quantitative estimate of drug-likeness (QED) is 0.823. The monoisotopic (exact) mass is 308 g/mol. The summed E-state index contributed by atoms with van der Waals surface area (Å²) < 4.78 is 39.3. The van der Waals surface area contributed by atoms with Gasteiger partial charge in [-0.25, -0.2) is 13.2 Å². The summed E-state index contributed by atoms with van der Waals surface area (Å²) >= 11 is 0. The number of carbonyl (C=O) groups is 1. The minimum absolute atomic E-state index is 0. The Hall–Kier alpha value is -1.27. The van der Waals surface area contributed by atoms with E-state index in [2.05, 4.69) is 10.6 Å². The first-order valence-corrected chi connectivity index (χ1v) is 6.15. The summed E-state index contributed by atoms with van der Waals surface area (Å²) in [7, 11) is 0. The van der Waals surface area contributed by atoms with Gasteiger partial charge in [-0.15, -0.1) is 12.4 Å². The molecular weight excluding hydrogens is 293 g/mol.